The number of nitrogens with one attached hydrogen (secondary N) is 1. The van der Waals surface area contributed by atoms with Crippen molar-refractivity contribution in [1.82, 2.24) is 15.1 Å². The van der Waals surface area contributed by atoms with Crippen LogP contribution in [0.2, 0.25) is 0 Å². The normalized spacial score (nSPS) is 14.9. The molecule has 0 bridgehead atoms. The first-order chi connectivity index (χ1) is 14.2. The highest BCUT2D eigenvalue weighted by Gasteiger charge is 2.22. The predicted molar refractivity (Wildman–Crippen MR) is 114 cm³/mol. The molecule has 0 aromatic heterocycles. The first-order valence-electron chi connectivity index (χ1n) is 10.0. The first-order valence-corrected chi connectivity index (χ1v) is 10.0. The van der Waals surface area contributed by atoms with E-state index in [4.69, 9.17) is 9.47 Å². The van der Waals surface area contributed by atoms with Crippen LogP contribution in [-0.4, -0.2) is 73.1 Å². The summed E-state index contributed by atoms with van der Waals surface area (Å²) in [5, 5.41) is 2.48. The lowest BCUT2D eigenvalue weighted by Crippen LogP contribution is -2.43. The molecule has 0 radical (unpaired) electrons. The van der Waals surface area contributed by atoms with E-state index < -0.39 is 11.7 Å². The van der Waals surface area contributed by atoms with Crippen LogP contribution < -0.4 is 10.1 Å². The lowest BCUT2D eigenvalue weighted by atomic mass is 10.2. The maximum atomic E-state index is 12.5. The van der Waals surface area contributed by atoms with Crippen LogP contribution in [0.15, 0.2) is 30.3 Å². The van der Waals surface area contributed by atoms with Gasteiger partial charge in [0.05, 0.1) is 7.11 Å². The molecule has 0 unspecified atom stereocenters. The molecule has 1 aliphatic heterocycles. The molecule has 1 aromatic rings. The molecule has 0 aliphatic carbocycles. The minimum atomic E-state index is -0.619. The number of ether oxygens (including phenoxy) is 2. The summed E-state index contributed by atoms with van der Waals surface area (Å²) in [6, 6.07) is 7.43. The molecule has 164 valence electrons. The average molecular weight is 418 g/mol. The highest BCUT2D eigenvalue weighted by molar-refractivity contribution is 5.92. The summed E-state index contributed by atoms with van der Waals surface area (Å²) in [7, 11) is 1.61. The largest absolute Gasteiger partial charge is 0.497 e. The fraction of sp³-hybridized carbons (Fsp3) is 0.500. The highest BCUT2D eigenvalue weighted by Crippen LogP contribution is 2.13. The molecule has 1 N–H and O–H groups in total. The van der Waals surface area contributed by atoms with Crippen LogP contribution in [0.3, 0.4) is 0 Å². The van der Waals surface area contributed by atoms with Gasteiger partial charge in [-0.1, -0.05) is 12.1 Å². The molecule has 8 nitrogen and oxygen atoms in total. The number of amides is 3. The van der Waals surface area contributed by atoms with Crippen molar-refractivity contribution in [2.45, 2.75) is 32.8 Å². The van der Waals surface area contributed by atoms with Crippen LogP contribution >= 0.6 is 0 Å². The second kappa shape index (κ2) is 10.7. The van der Waals surface area contributed by atoms with E-state index in [1.807, 2.05) is 24.3 Å². The van der Waals surface area contributed by atoms with Crippen LogP contribution in [0.4, 0.5) is 4.79 Å². The molecule has 1 saturated heterocycles. The predicted octanol–water partition coefficient (Wildman–Crippen LogP) is 2.29. The number of hydrogen-bond acceptors (Lipinski definition) is 5. The van der Waals surface area contributed by atoms with Crippen LogP contribution in [0, 0.1) is 0 Å². The maximum absolute atomic E-state index is 12.5. The SMILES string of the molecule is COc1ccc(/C=C/C(=O)N2CCCN(C(=O)CNC(=O)OC(C)(C)C)CC2)cc1. The van der Waals surface area contributed by atoms with E-state index in [2.05, 4.69) is 5.32 Å². The Kier molecular flexibility index (Phi) is 8.26. The fourth-order valence-electron chi connectivity index (χ4n) is 2.95. The van der Waals surface area contributed by atoms with Gasteiger partial charge in [-0.15, -0.1) is 0 Å². The van der Waals surface area contributed by atoms with Gasteiger partial charge in [0.15, 0.2) is 0 Å². The summed E-state index contributed by atoms with van der Waals surface area (Å²) in [5.41, 5.74) is 0.291. The van der Waals surface area contributed by atoms with Crippen LogP contribution in [0.1, 0.15) is 32.8 Å². The van der Waals surface area contributed by atoms with Crippen molar-refractivity contribution in [2.75, 3.05) is 39.8 Å². The molecule has 0 atom stereocenters. The van der Waals surface area contributed by atoms with Gasteiger partial charge >= 0.3 is 6.09 Å². The number of carbonyl (C=O) groups is 3. The zero-order chi connectivity index (χ0) is 22.1. The molecular weight excluding hydrogens is 386 g/mol. The minimum absolute atomic E-state index is 0.0907. The second-order valence-electron chi connectivity index (χ2n) is 8.02. The van der Waals surface area contributed by atoms with E-state index in [9.17, 15) is 14.4 Å². The maximum Gasteiger partial charge on any atom is 0.408 e. The third-order valence-corrected chi connectivity index (χ3v) is 4.48. The Morgan fingerprint density at radius 1 is 1.03 bits per heavy atom. The molecule has 1 aromatic carbocycles. The Balaban J connectivity index is 1.81. The van der Waals surface area contributed by atoms with Gasteiger partial charge in [-0.2, -0.15) is 0 Å². The number of alkyl carbamates (subject to hydrolysis) is 1. The van der Waals surface area contributed by atoms with Crippen molar-refractivity contribution in [3.05, 3.63) is 35.9 Å². The van der Waals surface area contributed by atoms with Gasteiger partial charge in [0.25, 0.3) is 0 Å². The summed E-state index contributed by atoms with van der Waals surface area (Å²) in [6.07, 6.45) is 3.37. The summed E-state index contributed by atoms with van der Waals surface area (Å²) < 4.78 is 10.3. The minimum Gasteiger partial charge on any atom is -0.497 e. The number of methoxy groups -OCH3 is 1. The second-order valence-corrected chi connectivity index (χ2v) is 8.02. The van der Waals surface area contributed by atoms with Gasteiger partial charge in [-0.25, -0.2) is 4.79 Å². The number of hydrogen-bond donors (Lipinski definition) is 1. The van der Waals surface area contributed by atoms with Gasteiger partial charge in [0.2, 0.25) is 11.8 Å². The van der Waals surface area contributed by atoms with E-state index in [-0.39, 0.29) is 18.4 Å². The first kappa shape index (κ1) is 23.3. The summed E-state index contributed by atoms with van der Waals surface area (Å²) in [5.74, 6) is 0.479. The van der Waals surface area contributed by atoms with E-state index >= 15 is 0 Å². The third-order valence-electron chi connectivity index (χ3n) is 4.48. The number of rotatable bonds is 5. The summed E-state index contributed by atoms with van der Waals surface area (Å²) in [6.45, 7) is 7.16. The zero-order valence-electron chi connectivity index (χ0n) is 18.1. The van der Waals surface area contributed by atoms with Crippen molar-refractivity contribution in [3.8, 4) is 5.75 Å². The van der Waals surface area contributed by atoms with Crippen molar-refractivity contribution in [2.24, 2.45) is 0 Å². The Bertz CT molecular complexity index is 768. The van der Waals surface area contributed by atoms with Gasteiger partial charge < -0.3 is 24.6 Å². The number of carbonyl (C=O) groups excluding carboxylic acids is 3. The van der Waals surface area contributed by atoms with E-state index in [1.54, 1.807) is 49.8 Å². The molecular formula is C22H31N3O5. The fourth-order valence-corrected chi connectivity index (χ4v) is 2.95. The standard InChI is InChI=1S/C22H31N3O5/c1-22(2,3)30-21(28)23-16-20(27)25-13-5-12-24(14-15-25)19(26)11-8-17-6-9-18(29-4)10-7-17/h6-11H,5,12-16H2,1-4H3,(H,23,28)/b11-8+. The summed E-state index contributed by atoms with van der Waals surface area (Å²) >= 11 is 0. The van der Waals surface area contributed by atoms with E-state index in [0.717, 1.165) is 11.3 Å². The Morgan fingerprint density at radius 3 is 2.30 bits per heavy atom. The zero-order valence-corrected chi connectivity index (χ0v) is 18.1. The van der Waals surface area contributed by atoms with Gasteiger partial charge in [0.1, 0.15) is 17.9 Å². The summed E-state index contributed by atoms with van der Waals surface area (Å²) in [4.78, 5) is 40.0. The molecule has 0 saturated carbocycles. The van der Waals surface area contributed by atoms with Crippen molar-refractivity contribution >= 4 is 24.0 Å². The van der Waals surface area contributed by atoms with E-state index in [1.165, 1.54) is 0 Å². The van der Waals surface area contributed by atoms with Crippen molar-refractivity contribution in [3.63, 3.8) is 0 Å². The topological polar surface area (TPSA) is 88.2 Å². The van der Waals surface area contributed by atoms with Crippen LogP contribution in [0.25, 0.3) is 6.08 Å². The Morgan fingerprint density at radius 2 is 1.67 bits per heavy atom. The number of nitrogens with zero attached hydrogens (tertiary/aromatic N) is 2. The third kappa shape index (κ3) is 7.77. The van der Waals surface area contributed by atoms with Crippen molar-refractivity contribution < 1.29 is 23.9 Å². The molecule has 8 heteroatoms. The lowest BCUT2D eigenvalue weighted by molar-refractivity contribution is -0.131. The molecule has 2 rings (SSSR count). The van der Waals surface area contributed by atoms with Crippen molar-refractivity contribution in [1.29, 1.82) is 0 Å². The highest BCUT2D eigenvalue weighted by atomic mass is 16.6. The van der Waals surface area contributed by atoms with Crippen LogP contribution in [-0.2, 0) is 14.3 Å². The molecule has 1 aliphatic rings. The van der Waals surface area contributed by atoms with Gasteiger partial charge in [-0.3, -0.25) is 9.59 Å². The molecule has 3 amide bonds. The average Bonchev–Trinajstić information content (AvgIpc) is 2.96. The lowest BCUT2D eigenvalue weighted by Gasteiger charge is -2.23. The quantitative estimate of drug-likeness (QED) is 0.743. The van der Waals surface area contributed by atoms with Gasteiger partial charge in [0, 0.05) is 32.3 Å². The molecule has 0 spiro atoms. The Labute approximate surface area is 177 Å². The molecule has 1 heterocycles. The molecule has 1 fully saturated rings. The smallest absolute Gasteiger partial charge is 0.408 e. The number of benzene rings is 1. The van der Waals surface area contributed by atoms with Gasteiger partial charge in [-0.05, 0) is 51.0 Å². The molecule has 30 heavy (non-hydrogen) atoms. The van der Waals surface area contributed by atoms with E-state index in [0.29, 0.717) is 32.6 Å². The van der Waals surface area contributed by atoms with Crippen LogP contribution in [0.5, 0.6) is 5.75 Å². The Hall–Kier alpha value is -3.03. The monoisotopic (exact) mass is 417 g/mol.